The van der Waals surface area contributed by atoms with Crippen LogP contribution in [0.5, 0.6) is 0 Å². The third kappa shape index (κ3) is 3.33. The second-order valence-electron chi connectivity index (χ2n) is 3.20. The van der Waals surface area contributed by atoms with Crippen molar-refractivity contribution in [3.05, 3.63) is 46.5 Å². The van der Waals surface area contributed by atoms with Crippen LogP contribution in [0, 0.1) is 0 Å². The van der Waals surface area contributed by atoms with E-state index in [4.69, 9.17) is 0 Å². The van der Waals surface area contributed by atoms with Crippen LogP contribution in [0.3, 0.4) is 0 Å². The first-order valence-electron chi connectivity index (χ1n) is 4.17. The van der Waals surface area contributed by atoms with Gasteiger partial charge in [-0.1, -0.05) is 40.2 Å². The Morgan fingerprint density at radius 2 is 2.31 bits per heavy atom. The summed E-state index contributed by atoms with van der Waals surface area (Å²) in [6, 6.07) is 7.93. The van der Waals surface area contributed by atoms with Crippen LogP contribution < -0.4 is 0 Å². The van der Waals surface area contributed by atoms with E-state index in [-0.39, 0.29) is 0 Å². The summed E-state index contributed by atoms with van der Waals surface area (Å²) in [6.07, 6.45) is 0.198. The van der Waals surface area contributed by atoms with Crippen molar-refractivity contribution in [1.82, 2.24) is 0 Å². The van der Waals surface area contributed by atoms with Crippen LogP contribution in [0.2, 0.25) is 0 Å². The van der Waals surface area contributed by atoms with Gasteiger partial charge >= 0.3 is 0 Å². The maximum Gasteiger partial charge on any atom is 0.0785 e. The van der Waals surface area contributed by atoms with Crippen LogP contribution >= 0.6 is 15.9 Å². The number of aliphatic hydroxyl groups excluding tert-OH is 1. The van der Waals surface area contributed by atoms with Crippen LogP contribution in [0.15, 0.2) is 40.9 Å². The second-order valence-corrected chi connectivity index (χ2v) is 4.11. The smallest absolute Gasteiger partial charge is 0.0785 e. The van der Waals surface area contributed by atoms with Gasteiger partial charge in [0.1, 0.15) is 0 Å². The molecule has 0 saturated heterocycles. The first-order chi connectivity index (χ1) is 6.09. The molecule has 0 aromatic heterocycles. The predicted molar refractivity (Wildman–Crippen MR) is 58.7 cm³/mol. The van der Waals surface area contributed by atoms with Gasteiger partial charge in [-0.05, 0) is 24.6 Å². The van der Waals surface area contributed by atoms with Gasteiger partial charge in [-0.3, -0.25) is 0 Å². The fraction of sp³-hybridized carbons (Fsp3) is 0.273. The summed E-state index contributed by atoms with van der Waals surface area (Å²) in [6.45, 7) is 5.55. The molecule has 0 fully saturated rings. The number of aliphatic hydroxyl groups is 1. The largest absolute Gasteiger partial charge is 0.388 e. The molecular weight excluding hydrogens is 228 g/mol. The molecular formula is C11H13BrO. The monoisotopic (exact) mass is 240 g/mol. The van der Waals surface area contributed by atoms with E-state index in [9.17, 15) is 5.11 Å². The molecule has 0 saturated carbocycles. The molecule has 0 spiro atoms. The number of rotatable bonds is 3. The molecule has 0 bridgehead atoms. The van der Waals surface area contributed by atoms with Gasteiger partial charge in [0.05, 0.1) is 6.10 Å². The molecule has 1 aromatic carbocycles. The molecule has 1 unspecified atom stereocenters. The number of hydrogen-bond donors (Lipinski definition) is 1. The van der Waals surface area contributed by atoms with E-state index >= 15 is 0 Å². The van der Waals surface area contributed by atoms with Crippen molar-refractivity contribution < 1.29 is 5.11 Å². The van der Waals surface area contributed by atoms with Gasteiger partial charge in [-0.25, -0.2) is 0 Å². The van der Waals surface area contributed by atoms with Gasteiger partial charge in [0, 0.05) is 10.9 Å². The lowest BCUT2D eigenvalue weighted by Gasteiger charge is -2.09. The van der Waals surface area contributed by atoms with Crippen LogP contribution in [-0.2, 0) is 6.42 Å². The van der Waals surface area contributed by atoms with Gasteiger partial charge in [0.15, 0.2) is 0 Å². The van der Waals surface area contributed by atoms with E-state index in [2.05, 4.69) is 22.5 Å². The molecule has 70 valence electrons. The molecule has 1 N–H and O–H groups in total. The van der Waals surface area contributed by atoms with Crippen molar-refractivity contribution in [2.45, 2.75) is 19.4 Å². The van der Waals surface area contributed by atoms with Crippen LogP contribution in [0.4, 0.5) is 0 Å². The van der Waals surface area contributed by atoms with Gasteiger partial charge in [-0.15, -0.1) is 0 Å². The van der Waals surface area contributed by atoms with Crippen LogP contribution in [0.1, 0.15) is 12.5 Å². The van der Waals surface area contributed by atoms with E-state index in [0.29, 0.717) is 6.42 Å². The Morgan fingerprint density at radius 3 is 2.85 bits per heavy atom. The van der Waals surface area contributed by atoms with Crippen molar-refractivity contribution in [2.24, 2.45) is 0 Å². The standard InChI is InChI=1S/C11H13BrO/c1-8(2)11(13)7-9-4-3-5-10(12)6-9/h3-6,11,13H,1,7H2,2H3. The Balaban J connectivity index is 2.69. The van der Waals surface area contributed by atoms with Crippen molar-refractivity contribution in [3.63, 3.8) is 0 Å². The zero-order valence-electron chi connectivity index (χ0n) is 7.63. The molecule has 1 rings (SSSR count). The summed E-state index contributed by atoms with van der Waals surface area (Å²) >= 11 is 3.39. The first kappa shape index (κ1) is 10.5. The average Bonchev–Trinajstić information content (AvgIpc) is 2.04. The zero-order chi connectivity index (χ0) is 9.84. The molecule has 0 aliphatic rings. The predicted octanol–water partition coefficient (Wildman–Crippen LogP) is 2.93. The van der Waals surface area contributed by atoms with Crippen molar-refractivity contribution in [2.75, 3.05) is 0 Å². The molecule has 1 aromatic rings. The fourth-order valence-corrected chi connectivity index (χ4v) is 1.51. The Kier molecular flexibility index (Phi) is 3.70. The molecule has 1 nitrogen and oxygen atoms in total. The Bertz CT molecular complexity index is 307. The minimum absolute atomic E-state index is 0.436. The Morgan fingerprint density at radius 1 is 1.62 bits per heavy atom. The third-order valence-corrected chi connectivity index (χ3v) is 2.38. The van der Waals surface area contributed by atoms with E-state index in [0.717, 1.165) is 15.6 Å². The van der Waals surface area contributed by atoms with Gasteiger partial charge in [-0.2, -0.15) is 0 Å². The van der Waals surface area contributed by atoms with Gasteiger partial charge in [0.2, 0.25) is 0 Å². The molecule has 2 heteroatoms. The number of benzene rings is 1. The topological polar surface area (TPSA) is 20.2 Å². The Hall–Kier alpha value is -0.600. The lowest BCUT2D eigenvalue weighted by Crippen LogP contribution is -2.10. The number of halogens is 1. The molecule has 0 heterocycles. The first-order valence-corrected chi connectivity index (χ1v) is 4.97. The quantitative estimate of drug-likeness (QED) is 0.806. The summed E-state index contributed by atoms with van der Waals surface area (Å²) in [5.74, 6) is 0. The summed E-state index contributed by atoms with van der Waals surface area (Å²) in [7, 11) is 0. The summed E-state index contributed by atoms with van der Waals surface area (Å²) in [4.78, 5) is 0. The molecule has 0 aliphatic heterocycles. The highest BCUT2D eigenvalue weighted by molar-refractivity contribution is 9.10. The van der Waals surface area contributed by atoms with E-state index in [1.54, 1.807) is 0 Å². The minimum Gasteiger partial charge on any atom is -0.388 e. The molecule has 0 amide bonds. The average molecular weight is 241 g/mol. The van der Waals surface area contributed by atoms with Gasteiger partial charge < -0.3 is 5.11 Å². The lowest BCUT2D eigenvalue weighted by atomic mass is 10.0. The third-order valence-electron chi connectivity index (χ3n) is 1.89. The highest BCUT2D eigenvalue weighted by Crippen LogP contribution is 2.14. The number of hydrogen-bond acceptors (Lipinski definition) is 1. The minimum atomic E-state index is -0.436. The van der Waals surface area contributed by atoms with E-state index in [1.807, 2.05) is 31.2 Å². The molecule has 1 atom stereocenters. The highest BCUT2D eigenvalue weighted by Gasteiger charge is 2.05. The molecule has 0 radical (unpaired) electrons. The maximum absolute atomic E-state index is 9.56. The van der Waals surface area contributed by atoms with E-state index < -0.39 is 6.10 Å². The van der Waals surface area contributed by atoms with Crippen molar-refractivity contribution in [3.8, 4) is 0 Å². The SMILES string of the molecule is C=C(C)C(O)Cc1cccc(Br)c1. The lowest BCUT2D eigenvalue weighted by molar-refractivity contribution is 0.212. The molecule has 0 aliphatic carbocycles. The summed E-state index contributed by atoms with van der Waals surface area (Å²) in [5, 5.41) is 9.56. The van der Waals surface area contributed by atoms with Crippen molar-refractivity contribution in [1.29, 1.82) is 0 Å². The van der Waals surface area contributed by atoms with Gasteiger partial charge in [0.25, 0.3) is 0 Å². The maximum atomic E-state index is 9.56. The normalized spacial score (nSPS) is 12.5. The van der Waals surface area contributed by atoms with E-state index in [1.165, 1.54) is 0 Å². The Labute approximate surface area is 87.2 Å². The second kappa shape index (κ2) is 4.58. The van der Waals surface area contributed by atoms with Crippen molar-refractivity contribution >= 4 is 15.9 Å². The zero-order valence-corrected chi connectivity index (χ0v) is 9.21. The fourth-order valence-electron chi connectivity index (χ4n) is 1.06. The van der Waals surface area contributed by atoms with Crippen LogP contribution in [0.25, 0.3) is 0 Å². The molecule has 13 heavy (non-hydrogen) atoms. The van der Waals surface area contributed by atoms with Crippen LogP contribution in [-0.4, -0.2) is 11.2 Å². The summed E-state index contributed by atoms with van der Waals surface area (Å²) in [5.41, 5.74) is 1.92. The summed E-state index contributed by atoms with van der Waals surface area (Å²) < 4.78 is 1.04. The highest BCUT2D eigenvalue weighted by atomic mass is 79.9.